The van der Waals surface area contributed by atoms with Gasteiger partial charge < -0.3 is 3.79 Å². The predicted molar refractivity (Wildman–Crippen MR) is 77.6 cm³/mol. The number of nitrogens with zero attached hydrogens (tertiary/aromatic N) is 1. The number of hydrogen-bond donors (Lipinski definition) is 0. The molecule has 0 amide bonds. The Hall–Kier alpha value is -1.56. The average molecular weight is 253 g/mol. The van der Waals surface area contributed by atoms with Gasteiger partial charge in [-0.1, -0.05) is 48.0 Å². The lowest BCUT2D eigenvalue weighted by Gasteiger charge is -2.12. The smallest absolute Gasteiger partial charge is 0.541 e. The second-order valence-corrected chi connectivity index (χ2v) is 6.62. The zero-order valence-electron chi connectivity index (χ0n) is 10.7. The van der Waals surface area contributed by atoms with Crippen LogP contribution in [0.3, 0.4) is 0 Å². The molecule has 0 saturated heterocycles. The predicted octanol–water partition coefficient (Wildman–Crippen LogP) is 4.03. The number of rotatable bonds is 3. The molecule has 3 heteroatoms. The average Bonchev–Trinajstić information content (AvgIpc) is 2.40. The molecule has 0 fully saturated rings. The zero-order valence-corrected chi connectivity index (χ0v) is 11.9. The van der Waals surface area contributed by atoms with Gasteiger partial charge in [0.25, 0.3) is 0 Å². The molecule has 0 heterocycles. The molecule has 0 radical (unpaired) electrons. The van der Waals surface area contributed by atoms with Crippen molar-refractivity contribution >= 4 is 26.1 Å². The highest BCUT2D eigenvalue weighted by molar-refractivity contribution is 6.51. The molecule has 2 rings (SSSR count). The normalized spacial score (nSPS) is 11.1. The van der Waals surface area contributed by atoms with Crippen LogP contribution in [0.1, 0.15) is 5.56 Å². The summed E-state index contributed by atoms with van der Waals surface area (Å²) in [6.07, 6.45) is 0. The summed E-state index contributed by atoms with van der Waals surface area (Å²) in [4.78, 5) is 4.60. The van der Waals surface area contributed by atoms with Gasteiger partial charge in [0, 0.05) is 5.56 Å². The van der Waals surface area contributed by atoms with Gasteiger partial charge in [-0.2, -0.15) is 0 Å². The second kappa shape index (κ2) is 6.40. The lowest BCUT2D eigenvalue weighted by atomic mass is 10.2. The van der Waals surface area contributed by atoms with Crippen LogP contribution in [0.15, 0.2) is 65.7 Å². The first-order valence-corrected chi connectivity index (χ1v) is 8.89. The summed E-state index contributed by atoms with van der Waals surface area (Å²) < 4.78 is 5.93. The first-order chi connectivity index (χ1) is 8.75. The van der Waals surface area contributed by atoms with Crippen LogP contribution in [0.2, 0.25) is 11.6 Å². The third-order valence-electron chi connectivity index (χ3n) is 2.35. The number of hydrogen-bond acceptors (Lipinski definition) is 2. The van der Waals surface area contributed by atoms with Gasteiger partial charge in [0.05, 0.1) is 5.69 Å². The van der Waals surface area contributed by atoms with Crippen molar-refractivity contribution in [3.05, 3.63) is 66.2 Å². The molecule has 2 aromatic carbocycles. The van der Waals surface area contributed by atoms with E-state index in [-0.39, 0.29) is 0 Å². The lowest BCUT2D eigenvalue weighted by Crippen LogP contribution is -2.16. The van der Waals surface area contributed by atoms with E-state index in [0.29, 0.717) is 0 Å². The zero-order chi connectivity index (χ0) is 12.8. The molecule has 0 bridgehead atoms. The summed E-state index contributed by atoms with van der Waals surface area (Å²) in [5.41, 5.74) is 1.95. The Morgan fingerprint density at radius 3 is 2.00 bits per heavy atom. The quantitative estimate of drug-likeness (QED) is 0.459. The van der Waals surface area contributed by atoms with Crippen LogP contribution in [0.4, 0.5) is 5.69 Å². The molecule has 0 N–H and O–H groups in total. The Balaban J connectivity index is 2.34. The minimum absolute atomic E-state index is 0.725. The maximum absolute atomic E-state index is 5.93. The van der Waals surface area contributed by atoms with Crippen molar-refractivity contribution in [1.29, 1.82) is 0 Å². The highest BCUT2D eigenvalue weighted by atomic mass is 27.2. The van der Waals surface area contributed by atoms with Crippen molar-refractivity contribution in [3.63, 3.8) is 0 Å². The Kier molecular flexibility index (Phi) is 4.58. The largest absolute Gasteiger partial charge is 0.628 e. The lowest BCUT2D eigenvalue weighted by molar-refractivity contribution is 0.578. The van der Waals surface area contributed by atoms with Crippen LogP contribution in [0.5, 0.6) is 0 Å². The standard InChI is InChI=1S/C13H11NO.2CH3.Al/c15-13(11-7-3-1-4-8-11)14-12-9-5-2-6-10-12;;;/h1-10H,(H,14,15);2*1H3;/q;;;+1/p-1. The summed E-state index contributed by atoms with van der Waals surface area (Å²) in [6, 6.07) is 20.0. The van der Waals surface area contributed by atoms with E-state index in [9.17, 15) is 0 Å². The number of benzene rings is 2. The molecule has 0 aliphatic rings. The Labute approximate surface area is 113 Å². The van der Waals surface area contributed by atoms with Crippen molar-refractivity contribution < 1.29 is 3.79 Å². The van der Waals surface area contributed by atoms with Crippen molar-refractivity contribution in [2.75, 3.05) is 0 Å². The Morgan fingerprint density at radius 2 is 1.44 bits per heavy atom. The van der Waals surface area contributed by atoms with E-state index in [2.05, 4.69) is 16.6 Å². The summed E-state index contributed by atoms with van der Waals surface area (Å²) in [5.74, 6) is 5.01. The topological polar surface area (TPSA) is 21.6 Å². The summed E-state index contributed by atoms with van der Waals surface area (Å²) in [6.45, 7) is 0. The molecule has 90 valence electrons. The molecule has 0 unspecified atom stereocenters. The van der Waals surface area contributed by atoms with Crippen LogP contribution in [0, 0.1) is 0 Å². The van der Waals surface area contributed by atoms with Crippen LogP contribution in [0.25, 0.3) is 0 Å². The number of aliphatic imine (C=N–C) groups is 1. The maximum atomic E-state index is 5.93. The molecular weight excluding hydrogens is 237 g/mol. The van der Waals surface area contributed by atoms with E-state index < -0.39 is 14.5 Å². The van der Waals surface area contributed by atoms with Gasteiger partial charge >= 0.3 is 14.5 Å². The van der Waals surface area contributed by atoms with Gasteiger partial charge in [0.2, 0.25) is 0 Å². The Bertz CT molecular complexity index is 509. The second-order valence-electron chi connectivity index (χ2n) is 4.29. The first-order valence-electron chi connectivity index (χ1n) is 6.11. The van der Waals surface area contributed by atoms with Crippen LogP contribution < -0.4 is 0 Å². The van der Waals surface area contributed by atoms with E-state index >= 15 is 0 Å². The summed E-state index contributed by atoms with van der Waals surface area (Å²) in [7, 11) is 0. The fraction of sp³-hybridized carbons (Fsp3) is 0.133. The highest BCUT2D eigenvalue weighted by Crippen LogP contribution is 2.14. The molecule has 18 heavy (non-hydrogen) atoms. The van der Waals surface area contributed by atoms with Gasteiger partial charge in [-0.05, 0) is 24.3 Å². The Morgan fingerprint density at radius 1 is 0.889 bits per heavy atom. The van der Waals surface area contributed by atoms with E-state index in [1.54, 1.807) is 0 Å². The van der Waals surface area contributed by atoms with Gasteiger partial charge in [0.15, 0.2) is 5.90 Å². The van der Waals surface area contributed by atoms with E-state index in [4.69, 9.17) is 3.79 Å². The van der Waals surface area contributed by atoms with Crippen LogP contribution in [-0.4, -0.2) is 20.4 Å². The minimum Gasteiger partial charge on any atom is -0.628 e. The van der Waals surface area contributed by atoms with Crippen molar-refractivity contribution in [1.82, 2.24) is 0 Å². The van der Waals surface area contributed by atoms with Gasteiger partial charge in [-0.25, -0.2) is 4.99 Å². The van der Waals surface area contributed by atoms with Crippen molar-refractivity contribution in [2.45, 2.75) is 11.6 Å². The SMILES string of the molecule is [CH3][Al]([CH3])[O]C(=Nc1ccccc1)c1ccccc1. The molecule has 0 atom stereocenters. The van der Waals surface area contributed by atoms with E-state index in [0.717, 1.165) is 17.1 Å². The summed E-state index contributed by atoms with van der Waals surface area (Å²) >= 11 is -1.17. The van der Waals surface area contributed by atoms with Crippen molar-refractivity contribution in [3.8, 4) is 0 Å². The summed E-state index contributed by atoms with van der Waals surface area (Å²) in [5, 5.41) is 0. The molecule has 2 aromatic rings. The van der Waals surface area contributed by atoms with E-state index in [1.807, 2.05) is 60.7 Å². The highest BCUT2D eigenvalue weighted by Gasteiger charge is 2.12. The molecule has 2 nitrogen and oxygen atoms in total. The molecule has 0 aliphatic heterocycles. The van der Waals surface area contributed by atoms with Gasteiger partial charge in [0.1, 0.15) is 0 Å². The van der Waals surface area contributed by atoms with E-state index in [1.165, 1.54) is 0 Å². The molecular formula is C15H16AlNO. The third kappa shape index (κ3) is 3.73. The number of para-hydroxylation sites is 1. The molecule has 0 saturated carbocycles. The minimum atomic E-state index is -1.17. The molecule has 0 aliphatic carbocycles. The fourth-order valence-electron chi connectivity index (χ4n) is 1.58. The van der Waals surface area contributed by atoms with Crippen LogP contribution >= 0.6 is 0 Å². The van der Waals surface area contributed by atoms with Gasteiger partial charge in [-0.15, -0.1) is 0 Å². The third-order valence-corrected chi connectivity index (χ3v) is 3.05. The maximum Gasteiger partial charge on any atom is 0.541 e. The van der Waals surface area contributed by atoms with Gasteiger partial charge in [-0.3, -0.25) is 0 Å². The van der Waals surface area contributed by atoms with Crippen LogP contribution in [-0.2, 0) is 3.79 Å². The molecule has 0 aromatic heterocycles. The fourth-order valence-corrected chi connectivity index (χ4v) is 2.22. The first kappa shape index (κ1) is 12.9. The van der Waals surface area contributed by atoms with Crippen molar-refractivity contribution in [2.24, 2.45) is 4.99 Å². The molecule has 0 spiro atoms. The monoisotopic (exact) mass is 253 g/mol.